The molecule has 1 fully saturated rings. The molecule has 2 aromatic heterocycles. The van der Waals surface area contributed by atoms with Crippen LogP contribution in [0.1, 0.15) is 50.5 Å². The highest BCUT2D eigenvalue weighted by atomic mass is 16.3. The zero-order chi connectivity index (χ0) is 12.0. The molecule has 17 heavy (non-hydrogen) atoms. The van der Waals surface area contributed by atoms with E-state index in [1.165, 1.54) is 6.42 Å². The number of aromatic nitrogens is 2. The molecule has 1 aliphatic rings. The van der Waals surface area contributed by atoms with E-state index in [0.717, 1.165) is 35.4 Å². The van der Waals surface area contributed by atoms with Crippen molar-refractivity contribution in [1.29, 1.82) is 0 Å². The average Bonchev–Trinajstić information content (AvgIpc) is 2.78. The first-order chi connectivity index (χ1) is 8.16. The maximum absolute atomic E-state index is 5.94. The van der Waals surface area contributed by atoms with Crippen molar-refractivity contribution in [3.05, 3.63) is 17.5 Å². The molecular formula is C13H19N3O. The van der Waals surface area contributed by atoms with Gasteiger partial charge in [-0.1, -0.05) is 20.3 Å². The van der Waals surface area contributed by atoms with Gasteiger partial charge in [-0.05, 0) is 12.8 Å². The monoisotopic (exact) mass is 233 g/mol. The molecule has 92 valence electrons. The van der Waals surface area contributed by atoms with E-state index in [1.54, 1.807) is 0 Å². The van der Waals surface area contributed by atoms with Gasteiger partial charge < -0.3 is 10.2 Å². The summed E-state index contributed by atoms with van der Waals surface area (Å²) in [5.74, 6) is 1.40. The number of nitrogens with one attached hydrogen (secondary N) is 1. The first kappa shape index (κ1) is 10.8. The summed E-state index contributed by atoms with van der Waals surface area (Å²) in [7, 11) is 0. The first-order valence-electron chi connectivity index (χ1n) is 6.35. The Morgan fingerprint density at radius 3 is 2.82 bits per heavy atom. The molecule has 2 aromatic rings. The highest BCUT2D eigenvalue weighted by Crippen LogP contribution is 2.45. The molecule has 0 saturated heterocycles. The fourth-order valence-corrected chi connectivity index (χ4v) is 2.63. The van der Waals surface area contributed by atoms with Gasteiger partial charge in [0, 0.05) is 23.9 Å². The van der Waals surface area contributed by atoms with Gasteiger partial charge in [0.2, 0.25) is 0 Å². The molecule has 0 aliphatic heterocycles. The van der Waals surface area contributed by atoms with E-state index in [9.17, 15) is 0 Å². The van der Waals surface area contributed by atoms with Crippen molar-refractivity contribution in [2.75, 3.05) is 6.54 Å². The van der Waals surface area contributed by atoms with Crippen LogP contribution in [0, 0.1) is 0 Å². The summed E-state index contributed by atoms with van der Waals surface area (Å²) in [6.07, 6.45) is 3.52. The van der Waals surface area contributed by atoms with E-state index in [2.05, 4.69) is 24.0 Å². The molecule has 2 heterocycles. The number of aromatic amines is 1. The molecule has 0 amide bonds. The Balaban J connectivity index is 2.10. The number of fused-ring (bicyclic) bond motifs is 1. The fourth-order valence-electron chi connectivity index (χ4n) is 2.63. The van der Waals surface area contributed by atoms with Gasteiger partial charge in [-0.3, -0.25) is 5.10 Å². The van der Waals surface area contributed by atoms with Gasteiger partial charge in [0.05, 0.1) is 5.69 Å². The third-order valence-electron chi connectivity index (χ3n) is 4.05. The number of nitrogens with two attached hydrogens (primary N) is 1. The van der Waals surface area contributed by atoms with E-state index in [4.69, 9.17) is 10.2 Å². The van der Waals surface area contributed by atoms with E-state index in [-0.39, 0.29) is 5.41 Å². The highest BCUT2D eigenvalue weighted by Gasteiger charge is 2.41. The molecule has 1 aliphatic carbocycles. The lowest BCUT2D eigenvalue weighted by molar-refractivity contribution is 0.245. The molecule has 0 radical (unpaired) electrons. The Kier molecular flexibility index (Phi) is 2.30. The molecule has 0 spiro atoms. The van der Waals surface area contributed by atoms with Crippen molar-refractivity contribution in [2.24, 2.45) is 5.73 Å². The quantitative estimate of drug-likeness (QED) is 0.856. The van der Waals surface area contributed by atoms with Gasteiger partial charge in [-0.25, -0.2) is 0 Å². The molecule has 0 bridgehead atoms. The Hall–Kier alpha value is -1.29. The third-order valence-corrected chi connectivity index (χ3v) is 4.05. The zero-order valence-corrected chi connectivity index (χ0v) is 10.4. The van der Waals surface area contributed by atoms with E-state index < -0.39 is 0 Å². The number of rotatable bonds is 3. The standard InChI is InChI=1S/C13H19N3O/c1-8(2)10-6-9-11(17-10)12(16-15-9)13(7-14)4-3-5-13/h6,8H,3-5,7,14H2,1-2H3,(H,15,16). The number of hydrogen-bond acceptors (Lipinski definition) is 3. The van der Waals surface area contributed by atoms with Crippen LogP contribution in [0.5, 0.6) is 0 Å². The predicted octanol–water partition coefficient (Wildman–Crippen LogP) is 2.66. The summed E-state index contributed by atoms with van der Waals surface area (Å²) in [5.41, 5.74) is 8.97. The second kappa shape index (κ2) is 3.60. The van der Waals surface area contributed by atoms with Gasteiger partial charge in [0.15, 0.2) is 5.58 Å². The molecule has 1 saturated carbocycles. The lowest BCUT2D eigenvalue weighted by Gasteiger charge is -2.39. The molecule has 4 heteroatoms. The molecule has 3 N–H and O–H groups in total. The average molecular weight is 233 g/mol. The normalized spacial score (nSPS) is 18.8. The predicted molar refractivity (Wildman–Crippen MR) is 67.0 cm³/mol. The minimum absolute atomic E-state index is 0.0842. The molecule has 0 unspecified atom stereocenters. The van der Waals surface area contributed by atoms with Crippen LogP contribution in [0.3, 0.4) is 0 Å². The van der Waals surface area contributed by atoms with Crippen LogP contribution in [0.15, 0.2) is 10.5 Å². The van der Waals surface area contributed by atoms with Gasteiger partial charge in [-0.2, -0.15) is 5.10 Å². The van der Waals surface area contributed by atoms with E-state index in [0.29, 0.717) is 12.5 Å². The molecule has 0 aromatic carbocycles. The second-order valence-electron chi connectivity index (χ2n) is 5.45. The van der Waals surface area contributed by atoms with Crippen LogP contribution < -0.4 is 5.73 Å². The smallest absolute Gasteiger partial charge is 0.175 e. The Morgan fingerprint density at radius 2 is 2.29 bits per heavy atom. The van der Waals surface area contributed by atoms with Crippen molar-refractivity contribution in [3.63, 3.8) is 0 Å². The van der Waals surface area contributed by atoms with Crippen LogP contribution in [0.4, 0.5) is 0 Å². The topological polar surface area (TPSA) is 67.8 Å². The number of H-pyrrole nitrogens is 1. The summed E-state index contributed by atoms with van der Waals surface area (Å²) in [5, 5.41) is 7.47. The number of furan rings is 1. The Labute approximate surface area is 101 Å². The SMILES string of the molecule is CC(C)c1cc2n[nH]c(C3(CN)CCC3)c2o1. The Bertz CT molecular complexity index is 528. The lowest BCUT2D eigenvalue weighted by Crippen LogP contribution is -2.42. The number of hydrogen-bond donors (Lipinski definition) is 2. The minimum Gasteiger partial charge on any atom is -0.457 e. The van der Waals surface area contributed by atoms with Crippen LogP contribution in [-0.4, -0.2) is 16.7 Å². The Morgan fingerprint density at radius 1 is 1.53 bits per heavy atom. The second-order valence-corrected chi connectivity index (χ2v) is 5.45. The van der Waals surface area contributed by atoms with Crippen LogP contribution in [0.2, 0.25) is 0 Å². The summed E-state index contributed by atoms with van der Waals surface area (Å²) in [4.78, 5) is 0. The molecule has 3 rings (SSSR count). The fraction of sp³-hybridized carbons (Fsp3) is 0.615. The van der Waals surface area contributed by atoms with Crippen LogP contribution >= 0.6 is 0 Å². The summed E-state index contributed by atoms with van der Waals surface area (Å²) in [6.45, 7) is 4.92. The van der Waals surface area contributed by atoms with Crippen molar-refractivity contribution in [3.8, 4) is 0 Å². The summed E-state index contributed by atoms with van der Waals surface area (Å²) in [6, 6.07) is 2.03. The lowest BCUT2D eigenvalue weighted by atomic mass is 9.66. The van der Waals surface area contributed by atoms with Gasteiger partial charge in [-0.15, -0.1) is 0 Å². The van der Waals surface area contributed by atoms with Crippen molar-refractivity contribution >= 4 is 11.1 Å². The van der Waals surface area contributed by atoms with E-state index >= 15 is 0 Å². The number of nitrogens with zero attached hydrogens (tertiary/aromatic N) is 1. The van der Waals surface area contributed by atoms with Gasteiger partial charge >= 0.3 is 0 Å². The third kappa shape index (κ3) is 1.43. The van der Waals surface area contributed by atoms with Gasteiger partial charge in [0.25, 0.3) is 0 Å². The first-order valence-corrected chi connectivity index (χ1v) is 6.35. The van der Waals surface area contributed by atoms with E-state index in [1.807, 2.05) is 6.07 Å². The van der Waals surface area contributed by atoms with Crippen molar-refractivity contribution in [1.82, 2.24) is 10.2 Å². The molecule has 0 atom stereocenters. The largest absolute Gasteiger partial charge is 0.457 e. The summed E-state index contributed by atoms with van der Waals surface area (Å²) >= 11 is 0. The molecular weight excluding hydrogens is 214 g/mol. The van der Waals surface area contributed by atoms with Crippen LogP contribution in [-0.2, 0) is 5.41 Å². The van der Waals surface area contributed by atoms with Crippen LogP contribution in [0.25, 0.3) is 11.1 Å². The maximum atomic E-state index is 5.94. The minimum atomic E-state index is 0.0842. The maximum Gasteiger partial charge on any atom is 0.175 e. The zero-order valence-electron chi connectivity index (χ0n) is 10.4. The molecule has 4 nitrogen and oxygen atoms in total. The van der Waals surface area contributed by atoms with Gasteiger partial charge in [0.1, 0.15) is 11.3 Å². The van der Waals surface area contributed by atoms with Crippen molar-refractivity contribution in [2.45, 2.75) is 44.4 Å². The van der Waals surface area contributed by atoms with Crippen molar-refractivity contribution < 1.29 is 4.42 Å². The summed E-state index contributed by atoms with van der Waals surface area (Å²) < 4.78 is 5.94. The highest BCUT2D eigenvalue weighted by molar-refractivity contribution is 5.77.